The molecule has 0 radical (unpaired) electrons. The average molecular weight is 488 g/mol. The zero-order valence-electron chi connectivity index (χ0n) is 19.0. The molecule has 2 fully saturated rings. The highest BCUT2D eigenvalue weighted by Gasteiger charge is 2.40. The molecule has 2 aromatic rings. The van der Waals surface area contributed by atoms with Crippen LogP contribution in [0.5, 0.6) is 5.75 Å². The van der Waals surface area contributed by atoms with Gasteiger partial charge in [0.1, 0.15) is 11.6 Å². The van der Waals surface area contributed by atoms with Crippen LogP contribution in [0.25, 0.3) is 6.08 Å². The van der Waals surface area contributed by atoms with Crippen LogP contribution < -0.4 is 15.4 Å². The van der Waals surface area contributed by atoms with Crippen molar-refractivity contribution in [2.45, 2.75) is 37.9 Å². The van der Waals surface area contributed by atoms with Gasteiger partial charge in [-0.15, -0.1) is 0 Å². The summed E-state index contributed by atoms with van der Waals surface area (Å²) in [5, 5.41) is 6.55. The van der Waals surface area contributed by atoms with E-state index >= 15 is 0 Å². The summed E-state index contributed by atoms with van der Waals surface area (Å²) >= 11 is 6.20. The van der Waals surface area contributed by atoms with Gasteiger partial charge in [-0.05, 0) is 55.3 Å². The fourth-order valence-corrected chi connectivity index (χ4v) is 4.82. The minimum Gasteiger partial charge on any atom is -0.495 e. The highest BCUT2D eigenvalue weighted by molar-refractivity contribution is 6.32. The maximum absolute atomic E-state index is 13.2. The second kappa shape index (κ2) is 10.4. The SMILES string of the molecule is COc1cc(/C=C/C(=O)N2[C@@H]3COC[C@H]2C[C@H](Nc2ccc(F)cc2)C3)c(NC(C)=O)cc1Cl. The number of amides is 2. The Balaban J connectivity index is 1.49. The number of rotatable bonds is 6. The number of fused-ring (bicyclic) bond motifs is 2. The fraction of sp³-hybridized carbons (Fsp3) is 0.360. The van der Waals surface area contributed by atoms with E-state index in [0.717, 1.165) is 18.5 Å². The van der Waals surface area contributed by atoms with E-state index < -0.39 is 0 Å². The predicted molar refractivity (Wildman–Crippen MR) is 130 cm³/mol. The number of carbonyl (C=O) groups excluding carboxylic acids is 2. The minimum absolute atomic E-state index is 0.0721. The summed E-state index contributed by atoms with van der Waals surface area (Å²) in [4.78, 5) is 26.7. The number of ether oxygens (including phenoxy) is 2. The highest BCUT2D eigenvalue weighted by atomic mass is 35.5. The van der Waals surface area contributed by atoms with Gasteiger partial charge >= 0.3 is 0 Å². The van der Waals surface area contributed by atoms with Crippen LogP contribution in [0.1, 0.15) is 25.3 Å². The van der Waals surface area contributed by atoms with Crippen molar-refractivity contribution in [2.75, 3.05) is 31.0 Å². The van der Waals surface area contributed by atoms with Crippen LogP contribution in [-0.2, 0) is 14.3 Å². The molecule has 4 rings (SSSR count). The van der Waals surface area contributed by atoms with Crippen molar-refractivity contribution in [1.29, 1.82) is 0 Å². The van der Waals surface area contributed by atoms with Gasteiger partial charge in [0.2, 0.25) is 11.8 Å². The van der Waals surface area contributed by atoms with Crippen LogP contribution in [0.4, 0.5) is 15.8 Å². The third-order valence-electron chi connectivity index (χ3n) is 6.03. The largest absolute Gasteiger partial charge is 0.495 e. The summed E-state index contributed by atoms with van der Waals surface area (Å²) in [6.07, 6.45) is 4.61. The second-order valence-electron chi connectivity index (χ2n) is 8.50. The molecule has 2 N–H and O–H groups in total. The lowest BCUT2D eigenvalue weighted by Gasteiger charge is -2.48. The highest BCUT2D eigenvalue weighted by Crippen LogP contribution is 2.33. The van der Waals surface area contributed by atoms with Gasteiger partial charge in [-0.3, -0.25) is 9.59 Å². The van der Waals surface area contributed by atoms with Gasteiger partial charge < -0.3 is 25.0 Å². The van der Waals surface area contributed by atoms with Crippen LogP contribution in [-0.4, -0.2) is 55.2 Å². The molecule has 0 aromatic heterocycles. The Bertz CT molecular complexity index is 1080. The van der Waals surface area contributed by atoms with Gasteiger partial charge in [-0.25, -0.2) is 4.39 Å². The summed E-state index contributed by atoms with van der Waals surface area (Å²) in [6.45, 7) is 2.33. The van der Waals surface area contributed by atoms with Gasteiger partial charge in [0.15, 0.2) is 0 Å². The molecule has 2 bridgehead atoms. The summed E-state index contributed by atoms with van der Waals surface area (Å²) in [5.41, 5.74) is 1.96. The molecule has 9 heteroatoms. The number of anilines is 2. The molecule has 2 heterocycles. The molecule has 180 valence electrons. The van der Waals surface area contributed by atoms with E-state index in [1.54, 1.807) is 30.3 Å². The second-order valence-corrected chi connectivity index (χ2v) is 8.91. The van der Waals surface area contributed by atoms with Crippen LogP contribution in [0, 0.1) is 5.82 Å². The zero-order chi connectivity index (χ0) is 24.2. The van der Waals surface area contributed by atoms with E-state index in [4.69, 9.17) is 21.1 Å². The number of nitrogens with one attached hydrogen (secondary N) is 2. The molecule has 2 aromatic carbocycles. The van der Waals surface area contributed by atoms with E-state index in [0.29, 0.717) is 35.2 Å². The molecule has 2 aliphatic heterocycles. The van der Waals surface area contributed by atoms with Gasteiger partial charge in [-0.2, -0.15) is 0 Å². The minimum atomic E-state index is -0.275. The van der Waals surface area contributed by atoms with Crippen molar-refractivity contribution in [3.63, 3.8) is 0 Å². The molecule has 0 saturated carbocycles. The smallest absolute Gasteiger partial charge is 0.247 e. The van der Waals surface area contributed by atoms with Crippen molar-refractivity contribution in [2.24, 2.45) is 0 Å². The summed E-state index contributed by atoms with van der Waals surface area (Å²) in [5.74, 6) is -0.199. The molecule has 2 amide bonds. The lowest BCUT2D eigenvalue weighted by atomic mass is 9.89. The number of hydrogen-bond acceptors (Lipinski definition) is 5. The van der Waals surface area contributed by atoms with Gasteiger partial charge in [0, 0.05) is 36.0 Å². The molecule has 0 aliphatic carbocycles. The van der Waals surface area contributed by atoms with Gasteiger partial charge in [-0.1, -0.05) is 11.6 Å². The summed E-state index contributed by atoms with van der Waals surface area (Å²) in [7, 11) is 1.50. The quantitative estimate of drug-likeness (QED) is 0.593. The molecule has 3 atom stereocenters. The number of benzene rings is 2. The molecule has 2 saturated heterocycles. The average Bonchev–Trinajstić information content (AvgIpc) is 2.79. The third kappa shape index (κ3) is 5.51. The van der Waals surface area contributed by atoms with Crippen LogP contribution >= 0.6 is 11.6 Å². The standard InChI is InChI=1S/C25H27ClFN3O4/c1-15(31)28-23-12-22(26)24(33-2)9-16(23)3-8-25(32)30-20-10-19(11-21(30)14-34-13-20)29-18-6-4-17(27)5-7-18/h3-9,12,19-21,29H,10-11,13-14H2,1-2H3,(H,28,31)/b8-3+/t19-,20+,21-. The van der Waals surface area contributed by atoms with Crippen molar-refractivity contribution in [3.8, 4) is 5.75 Å². The van der Waals surface area contributed by atoms with Crippen molar-refractivity contribution in [3.05, 3.63) is 58.9 Å². The first kappa shape index (κ1) is 24.0. The normalized spacial score (nSPS) is 21.9. The number of nitrogens with zero attached hydrogens (tertiary/aromatic N) is 1. The molecule has 34 heavy (non-hydrogen) atoms. The van der Waals surface area contributed by atoms with Gasteiger partial charge in [0.05, 0.1) is 37.4 Å². The van der Waals surface area contributed by atoms with Crippen LogP contribution in [0.15, 0.2) is 42.5 Å². The number of methoxy groups -OCH3 is 1. The molecular weight excluding hydrogens is 461 g/mol. The Morgan fingerprint density at radius 3 is 2.47 bits per heavy atom. The molecule has 2 aliphatic rings. The first-order valence-electron chi connectivity index (χ1n) is 11.1. The maximum atomic E-state index is 13.2. The number of halogens is 2. The molecule has 0 spiro atoms. The maximum Gasteiger partial charge on any atom is 0.247 e. The van der Waals surface area contributed by atoms with E-state index in [2.05, 4.69) is 10.6 Å². The Labute approximate surface area is 202 Å². The predicted octanol–water partition coefficient (Wildman–Crippen LogP) is 4.33. The lowest BCUT2D eigenvalue weighted by Crippen LogP contribution is -2.60. The van der Waals surface area contributed by atoms with Crippen molar-refractivity contribution < 1.29 is 23.5 Å². The van der Waals surface area contributed by atoms with Gasteiger partial charge in [0.25, 0.3) is 0 Å². The van der Waals surface area contributed by atoms with Crippen molar-refractivity contribution in [1.82, 2.24) is 4.90 Å². The first-order chi connectivity index (χ1) is 16.3. The fourth-order valence-electron chi connectivity index (χ4n) is 4.58. The van der Waals surface area contributed by atoms with E-state index in [1.165, 1.54) is 32.2 Å². The van der Waals surface area contributed by atoms with E-state index in [1.807, 2.05) is 4.90 Å². The number of hydrogen-bond donors (Lipinski definition) is 2. The molecule has 7 nitrogen and oxygen atoms in total. The van der Waals surface area contributed by atoms with Crippen LogP contribution in [0.3, 0.4) is 0 Å². The first-order valence-corrected chi connectivity index (χ1v) is 11.5. The zero-order valence-corrected chi connectivity index (χ0v) is 19.8. The van der Waals surface area contributed by atoms with Crippen molar-refractivity contribution >= 4 is 40.9 Å². The summed E-state index contributed by atoms with van der Waals surface area (Å²) < 4.78 is 24.2. The molecule has 0 unspecified atom stereocenters. The Kier molecular flexibility index (Phi) is 7.38. The lowest BCUT2D eigenvalue weighted by molar-refractivity contribution is -0.145. The Hall–Kier alpha value is -3.10. The number of piperidine rings is 1. The number of morpholine rings is 1. The Morgan fingerprint density at radius 2 is 1.85 bits per heavy atom. The Morgan fingerprint density at radius 1 is 1.18 bits per heavy atom. The van der Waals surface area contributed by atoms with E-state index in [9.17, 15) is 14.0 Å². The third-order valence-corrected chi connectivity index (χ3v) is 6.33. The molecular formula is C25H27ClFN3O4. The number of carbonyl (C=O) groups is 2. The van der Waals surface area contributed by atoms with E-state index in [-0.39, 0.29) is 35.8 Å². The topological polar surface area (TPSA) is 79.9 Å². The summed E-state index contributed by atoms with van der Waals surface area (Å²) in [6, 6.07) is 9.58. The van der Waals surface area contributed by atoms with Crippen LogP contribution in [0.2, 0.25) is 5.02 Å². The monoisotopic (exact) mass is 487 g/mol.